The van der Waals surface area contributed by atoms with Gasteiger partial charge in [-0.15, -0.1) is 0 Å². The van der Waals surface area contributed by atoms with E-state index in [1.165, 1.54) is 24.3 Å². The van der Waals surface area contributed by atoms with Crippen LogP contribution in [-0.4, -0.2) is 23.1 Å². The first kappa shape index (κ1) is 15.1. The van der Waals surface area contributed by atoms with Crippen molar-refractivity contribution in [2.75, 3.05) is 0 Å². The van der Waals surface area contributed by atoms with Crippen LogP contribution in [0.3, 0.4) is 0 Å². The molecule has 0 unspecified atom stereocenters. The second-order valence-electron chi connectivity index (χ2n) is 7.48. The average molecular weight is 342 g/mol. The van der Waals surface area contributed by atoms with Gasteiger partial charge in [-0.2, -0.15) is 0 Å². The second kappa shape index (κ2) is 4.33. The molecule has 6 rings (SSSR count). The zero-order valence-electron chi connectivity index (χ0n) is 14.3. The van der Waals surface area contributed by atoms with Crippen LogP contribution in [-0.2, 0) is 30.0 Å². The Morgan fingerprint density at radius 3 is 1.08 bits per heavy atom. The molecule has 0 heterocycles. The second-order valence-corrected chi connectivity index (χ2v) is 7.48. The van der Waals surface area contributed by atoms with E-state index in [0.717, 1.165) is 33.4 Å². The van der Waals surface area contributed by atoms with Crippen LogP contribution in [0.2, 0.25) is 0 Å². The molecule has 0 atom stereocenters. The zero-order valence-corrected chi connectivity index (χ0v) is 14.3. The molecule has 0 amide bonds. The highest BCUT2D eigenvalue weighted by Gasteiger charge is 2.60. The van der Waals surface area contributed by atoms with E-state index < -0.39 is 34.0 Å². The number of hydrogen-bond acceptors (Lipinski definition) is 4. The molecule has 5 aliphatic rings. The maximum Gasteiger partial charge on any atom is 0.226 e. The summed E-state index contributed by atoms with van der Waals surface area (Å²) in [6.07, 6.45) is 5.63. The summed E-state index contributed by atoms with van der Waals surface area (Å²) in [5.41, 5.74) is 3.47. The van der Waals surface area contributed by atoms with E-state index in [0.29, 0.717) is 0 Å². The zero-order chi connectivity index (χ0) is 18.4. The Labute approximate surface area is 149 Å². The highest BCUT2D eigenvalue weighted by atomic mass is 16.2. The van der Waals surface area contributed by atoms with Crippen molar-refractivity contribution < 1.29 is 19.2 Å². The molecule has 5 aliphatic carbocycles. The maximum atomic E-state index is 12.1. The Bertz CT molecular complexity index is 972. The Morgan fingerprint density at radius 1 is 0.538 bits per heavy atom. The van der Waals surface area contributed by atoms with Crippen LogP contribution >= 0.6 is 0 Å². The van der Waals surface area contributed by atoms with Gasteiger partial charge in [-0.1, -0.05) is 24.3 Å². The quantitative estimate of drug-likeness (QED) is 0.536. The van der Waals surface area contributed by atoms with Gasteiger partial charge in [-0.3, -0.25) is 19.2 Å². The van der Waals surface area contributed by atoms with Crippen molar-refractivity contribution in [1.29, 1.82) is 0 Å². The van der Waals surface area contributed by atoms with E-state index in [2.05, 4.69) is 0 Å². The fraction of sp³-hybridized carbons (Fsp3) is 0.182. The minimum Gasteiger partial charge on any atom is -0.286 e. The summed E-state index contributed by atoms with van der Waals surface area (Å²) < 4.78 is 0. The summed E-state index contributed by atoms with van der Waals surface area (Å²) >= 11 is 0. The number of hydrogen-bond donors (Lipinski definition) is 0. The smallest absolute Gasteiger partial charge is 0.226 e. The molecule has 0 aromatic heterocycles. The maximum absolute atomic E-state index is 12.1. The number of carbonyl (C=O) groups is 4. The number of ketones is 4. The molecule has 126 valence electrons. The summed E-state index contributed by atoms with van der Waals surface area (Å²) in [4.78, 5) is 48.5. The van der Waals surface area contributed by atoms with Crippen LogP contribution in [0.4, 0.5) is 0 Å². The standard InChI is InChI=1S/C22H14O4/c1-21-11-5-3-4-6-12(11)22(2,15-9-19(25)17(23)7-13(15)21)16-10-20(26)18(24)8-14(16)21/h3-10H,1-2H3. The van der Waals surface area contributed by atoms with Gasteiger partial charge in [0.15, 0.2) is 0 Å². The third-order valence-electron chi connectivity index (χ3n) is 6.33. The van der Waals surface area contributed by atoms with Gasteiger partial charge in [0, 0.05) is 10.8 Å². The lowest BCUT2D eigenvalue weighted by Gasteiger charge is -2.58. The molecule has 1 aromatic carbocycles. The van der Waals surface area contributed by atoms with Crippen LogP contribution in [0.1, 0.15) is 25.0 Å². The van der Waals surface area contributed by atoms with Crippen molar-refractivity contribution >= 4 is 23.1 Å². The molecular formula is C22H14O4. The molecule has 0 radical (unpaired) electrons. The van der Waals surface area contributed by atoms with Gasteiger partial charge < -0.3 is 0 Å². The van der Waals surface area contributed by atoms with Crippen LogP contribution in [0, 0.1) is 0 Å². The first-order valence-electron chi connectivity index (χ1n) is 8.45. The molecule has 0 saturated heterocycles. The molecule has 2 bridgehead atoms. The summed E-state index contributed by atoms with van der Waals surface area (Å²) in [6.45, 7) is 3.91. The summed E-state index contributed by atoms with van der Waals surface area (Å²) in [6, 6.07) is 7.83. The van der Waals surface area contributed by atoms with Gasteiger partial charge in [-0.25, -0.2) is 0 Å². The van der Waals surface area contributed by atoms with Gasteiger partial charge in [0.25, 0.3) is 0 Å². The third-order valence-corrected chi connectivity index (χ3v) is 6.33. The van der Waals surface area contributed by atoms with E-state index in [4.69, 9.17) is 0 Å². The normalized spacial score (nSPS) is 31.5. The van der Waals surface area contributed by atoms with Gasteiger partial charge in [0.2, 0.25) is 23.1 Å². The Morgan fingerprint density at radius 2 is 0.808 bits per heavy atom. The minimum atomic E-state index is -0.751. The van der Waals surface area contributed by atoms with Crippen molar-refractivity contribution in [1.82, 2.24) is 0 Å². The molecule has 0 N–H and O–H groups in total. The number of benzene rings is 1. The molecular weight excluding hydrogens is 328 g/mol. The van der Waals surface area contributed by atoms with Gasteiger partial charge in [-0.05, 0) is 71.6 Å². The minimum absolute atomic E-state index is 0.553. The molecule has 4 heteroatoms. The third kappa shape index (κ3) is 1.43. The summed E-state index contributed by atoms with van der Waals surface area (Å²) in [7, 11) is 0. The van der Waals surface area contributed by atoms with E-state index >= 15 is 0 Å². The largest absolute Gasteiger partial charge is 0.286 e. The highest BCUT2D eigenvalue weighted by molar-refractivity contribution is 6.48. The van der Waals surface area contributed by atoms with Gasteiger partial charge >= 0.3 is 0 Å². The van der Waals surface area contributed by atoms with Crippen molar-refractivity contribution in [3.05, 3.63) is 82.0 Å². The lowest BCUT2D eigenvalue weighted by atomic mass is 9.43. The summed E-state index contributed by atoms with van der Waals surface area (Å²) in [5, 5.41) is 0. The lowest BCUT2D eigenvalue weighted by Crippen LogP contribution is -2.53. The van der Waals surface area contributed by atoms with E-state index in [-0.39, 0.29) is 0 Å². The molecule has 0 spiro atoms. The van der Waals surface area contributed by atoms with Gasteiger partial charge in [0.1, 0.15) is 0 Å². The molecule has 0 aliphatic heterocycles. The number of allylic oxidation sites excluding steroid dienone is 8. The SMILES string of the molecule is CC12C3=CC(=O)C(=O)C=C3C(C)(C3=CC(=O)C(=O)C=C31)c1ccccc12. The average Bonchev–Trinajstić information content (AvgIpc) is 2.62. The molecule has 26 heavy (non-hydrogen) atoms. The Kier molecular flexibility index (Phi) is 2.52. The first-order chi connectivity index (χ1) is 12.3. The lowest BCUT2D eigenvalue weighted by molar-refractivity contribution is -0.131. The van der Waals surface area contributed by atoms with Crippen LogP contribution in [0.25, 0.3) is 0 Å². The van der Waals surface area contributed by atoms with E-state index in [1.807, 2.05) is 38.1 Å². The number of rotatable bonds is 0. The van der Waals surface area contributed by atoms with Crippen LogP contribution < -0.4 is 0 Å². The molecule has 1 fully saturated rings. The molecule has 4 nitrogen and oxygen atoms in total. The van der Waals surface area contributed by atoms with E-state index in [9.17, 15) is 19.2 Å². The molecule has 1 saturated carbocycles. The summed E-state index contributed by atoms with van der Waals surface area (Å²) in [5.74, 6) is -2.21. The highest BCUT2D eigenvalue weighted by Crippen LogP contribution is 2.66. The van der Waals surface area contributed by atoms with Gasteiger partial charge in [0.05, 0.1) is 0 Å². The van der Waals surface area contributed by atoms with Crippen molar-refractivity contribution in [3.8, 4) is 0 Å². The topological polar surface area (TPSA) is 68.3 Å². The van der Waals surface area contributed by atoms with Crippen molar-refractivity contribution in [2.45, 2.75) is 24.7 Å². The Balaban J connectivity index is 2.00. The van der Waals surface area contributed by atoms with Crippen LogP contribution in [0.15, 0.2) is 70.9 Å². The van der Waals surface area contributed by atoms with Crippen molar-refractivity contribution in [3.63, 3.8) is 0 Å². The van der Waals surface area contributed by atoms with Crippen LogP contribution in [0.5, 0.6) is 0 Å². The van der Waals surface area contributed by atoms with E-state index in [1.54, 1.807) is 0 Å². The predicted molar refractivity (Wildman–Crippen MR) is 93.5 cm³/mol. The number of carbonyl (C=O) groups excluding carboxylic acids is 4. The fourth-order valence-electron chi connectivity index (χ4n) is 5.00. The monoisotopic (exact) mass is 342 g/mol. The predicted octanol–water partition coefficient (Wildman–Crippen LogP) is 2.24. The van der Waals surface area contributed by atoms with Crippen molar-refractivity contribution in [2.24, 2.45) is 0 Å². The Hall–Kier alpha value is -3.14. The molecule has 1 aromatic rings. The first-order valence-corrected chi connectivity index (χ1v) is 8.45. The fourth-order valence-corrected chi connectivity index (χ4v) is 5.00.